The van der Waals surface area contributed by atoms with Crippen molar-refractivity contribution >= 4 is 16.9 Å². The van der Waals surface area contributed by atoms with Crippen LogP contribution in [-0.4, -0.2) is 46.5 Å². The van der Waals surface area contributed by atoms with Gasteiger partial charge in [0.1, 0.15) is 5.82 Å². The van der Waals surface area contributed by atoms with Gasteiger partial charge in [0.25, 0.3) is 0 Å². The Morgan fingerprint density at radius 3 is 2.88 bits per heavy atom. The fourth-order valence-electron chi connectivity index (χ4n) is 3.55. The van der Waals surface area contributed by atoms with Crippen LogP contribution in [0.2, 0.25) is 0 Å². The summed E-state index contributed by atoms with van der Waals surface area (Å²) in [6.07, 6.45) is 3.74. The summed E-state index contributed by atoms with van der Waals surface area (Å²) >= 11 is 0. The molecule has 1 N–H and O–H groups in total. The molecule has 0 radical (unpaired) electrons. The highest BCUT2D eigenvalue weighted by Crippen LogP contribution is 2.21. The fraction of sp³-hybridized carbons (Fsp3) is 0.579. The standard InChI is InChI=1S/C19H28N4O/c1-14-13-15(10-12-22(14)2)19(24)20-11-6-9-18-21-16-7-4-5-8-17(16)23(18)3/h4-5,7-8,14-15H,6,9-13H2,1-3H3,(H,20,24)/t14-,15-/m0/s1. The number of imidazole rings is 1. The second-order valence-corrected chi connectivity index (χ2v) is 7.02. The van der Waals surface area contributed by atoms with Crippen LogP contribution in [0.15, 0.2) is 24.3 Å². The number of likely N-dealkylation sites (tertiary alicyclic amines) is 1. The van der Waals surface area contributed by atoms with Gasteiger partial charge in [0.15, 0.2) is 0 Å². The predicted octanol–water partition coefficient (Wildman–Crippen LogP) is 2.35. The molecular formula is C19H28N4O. The van der Waals surface area contributed by atoms with Gasteiger partial charge in [0.2, 0.25) is 5.91 Å². The van der Waals surface area contributed by atoms with Crippen LogP contribution in [0.3, 0.4) is 0 Å². The third-order valence-corrected chi connectivity index (χ3v) is 5.34. The van der Waals surface area contributed by atoms with Crippen LogP contribution in [0.4, 0.5) is 0 Å². The number of hydrogen-bond donors (Lipinski definition) is 1. The number of aryl methyl sites for hydroxylation is 2. The molecule has 3 rings (SSSR count). The van der Waals surface area contributed by atoms with Crippen molar-refractivity contribution in [1.29, 1.82) is 0 Å². The Morgan fingerprint density at radius 2 is 2.12 bits per heavy atom. The SMILES string of the molecule is C[C@H]1C[C@@H](C(=O)NCCCc2nc3ccccc3n2C)CCN1C. The van der Waals surface area contributed by atoms with Gasteiger partial charge in [0, 0.05) is 32.0 Å². The lowest BCUT2D eigenvalue weighted by Gasteiger charge is -2.34. The zero-order chi connectivity index (χ0) is 17.1. The van der Waals surface area contributed by atoms with Gasteiger partial charge in [-0.1, -0.05) is 12.1 Å². The number of amides is 1. The molecule has 5 nitrogen and oxygen atoms in total. The summed E-state index contributed by atoms with van der Waals surface area (Å²) in [5.41, 5.74) is 2.20. The van der Waals surface area contributed by atoms with Crippen molar-refractivity contribution < 1.29 is 4.79 Å². The number of fused-ring (bicyclic) bond motifs is 1. The van der Waals surface area contributed by atoms with Crippen molar-refractivity contribution in [3.8, 4) is 0 Å². The van der Waals surface area contributed by atoms with E-state index < -0.39 is 0 Å². The van der Waals surface area contributed by atoms with Gasteiger partial charge in [-0.25, -0.2) is 4.98 Å². The smallest absolute Gasteiger partial charge is 0.223 e. The zero-order valence-corrected chi connectivity index (χ0v) is 15.0. The lowest BCUT2D eigenvalue weighted by Crippen LogP contribution is -2.43. The number of nitrogens with zero attached hydrogens (tertiary/aromatic N) is 3. The van der Waals surface area contributed by atoms with E-state index in [1.165, 1.54) is 0 Å². The molecule has 1 aromatic carbocycles. The molecule has 1 amide bonds. The monoisotopic (exact) mass is 328 g/mol. The van der Waals surface area contributed by atoms with Gasteiger partial charge in [-0.3, -0.25) is 4.79 Å². The summed E-state index contributed by atoms with van der Waals surface area (Å²) in [6.45, 7) is 3.94. The molecular weight excluding hydrogens is 300 g/mol. The Bertz CT molecular complexity index is 708. The lowest BCUT2D eigenvalue weighted by atomic mass is 9.91. The van der Waals surface area contributed by atoms with Crippen LogP contribution in [-0.2, 0) is 18.3 Å². The van der Waals surface area contributed by atoms with Gasteiger partial charge < -0.3 is 14.8 Å². The number of nitrogens with one attached hydrogen (secondary N) is 1. The van der Waals surface area contributed by atoms with Gasteiger partial charge >= 0.3 is 0 Å². The van der Waals surface area contributed by atoms with E-state index in [0.717, 1.165) is 55.6 Å². The molecule has 24 heavy (non-hydrogen) atoms. The van der Waals surface area contributed by atoms with E-state index in [4.69, 9.17) is 0 Å². The van der Waals surface area contributed by atoms with E-state index >= 15 is 0 Å². The predicted molar refractivity (Wildman–Crippen MR) is 96.9 cm³/mol. The summed E-state index contributed by atoms with van der Waals surface area (Å²) < 4.78 is 2.15. The average Bonchev–Trinajstić information content (AvgIpc) is 2.90. The van der Waals surface area contributed by atoms with Crippen LogP contribution >= 0.6 is 0 Å². The normalized spacial score (nSPS) is 22.0. The molecule has 5 heteroatoms. The topological polar surface area (TPSA) is 50.2 Å². The van der Waals surface area contributed by atoms with Crippen molar-refractivity contribution in [2.45, 2.75) is 38.6 Å². The van der Waals surface area contributed by atoms with Crippen LogP contribution in [0.5, 0.6) is 0 Å². The maximum absolute atomic E-state index is 12.3. The number of aromatic nitrogens is 2. The Balaban J connectivity index is 1.46. The van der Waals surface area contributed by atoms with Gasteiger partial charge in [0.05, 0.1) is 11.0 Å². The first-order chi connectivity index (χ1) is 11.6. The molecule has 0 unspecified atom stereocenters. The Morgan fingerprint density at radius 1 is 1.33 bits per heavy atom. The van der Waals surface area contributed by atoms with E-state index in [1.54, 1.807) is 0 Å². The highest BCUT2D eigenvalue weighted by Gasteiger charge is 2.27. The van der Waals surface area contributed by atoms with Crippen molar-refractivity contribution in [2.24, 2.45) is 13.0 Å². The van der Waals surface area contributed by atoms with Crippen molar-refractivity contribution in [3.63, 3.8) is 0 Å². The molecule has 0 bridgehead atoms. The third-order valence-electron chi connectivity index (χ3n) is 5.34. The zero-order valence-electron chi connectivity index (χ0n) is 15.0. The quantitative estimate of drug-likeness (QED) is 0.857. The van der Waals surface area contributed by atoms with E-state index in [1.807, 2.05) is 18.2 Å². The van der Waals surface area contributed by atoms with E-state index in [-0.39, 0.29) is 11.8 Å². The second kappa shape index (κ2) is 7.34. The number of rotatable bonds is 5. The first-order valence-electron chi connectivity index (χ1n) is 8.94. The summed E-state index contributed by atoms with van der Waals surface area (Å²) in [4.78, 5) is 19.3. The lowest BCUT2D eigenvalue weighted by molar-refractivity contribution is -0.126. The summed E-state index contributed by atoms with van der Waals surface area (Å²) in [7, 11) is 4.19. The third kappa shape index (κ3) is 3.61. The van der Waals surface area contributed by atoms with E-state index in [0.29, 0.717) is 6.04 Å². The molecule has 130 valence electrons. The molecule has 1 saturated heterocycles. The molecule has 1 fully saturated rings. The molecule has 0 saturated carbocycles. The van der Waals surface area contributed by atoms with Crippen molar-refractivity contribution in [2.75, 3.05) is 20.1 Å². The maximum atomic E-state index is 12.3. The second-order valence-electron chi connectivity index (χ2n) is 7.02. The molecule has 2 heterocycles. The van der Waals surface area contributed by atoms with Crippen LogP contribution in [0.25, 0.3) is 11.0 Å². The molecule has 2 aromatic rings. The largest absolute Gasteiger partial charge is 0.356 e. The van der Waals surface area contributed by atoms with Crippen LogP contribution < -0.4 is 5.32 Å². The number of carbonyl (C=O) groups excluding carboxylic acids is 1. The van der Waals surface area contributed by atoms with Crippen molar-refractivity contribution in [1.82, 2.24) is 19.8 Å². The molecule has 0 aliphatic carbocycles. The van der Waals surface area contributed by atoms with Gasteiger partial charge in [-0.05, 0) is 51.9 Å². The highest BCUT2D eigenvalue weighted by molar-refractivity contribution is 5.78. The molecule has 0 spiro atoms. The van der Waals surface area contributed by atoms with Gasteiger partial charge in [-0.2, -0.15) is 0 Å². The molecule has 1 aliphatic heterocycles. The fourth-order valence-corrected chi connectivity index (χ4v) is 3.55. The number of hydrogen-bond acceptors (Lipinski definition) is 3. The average molecular weight is 328 g/mol. The summed E-state index contributed by atoms with van der Waals surface area (Å²) in [5.74, 6) is 1.48. The summed E-state index contributed by atoms with van der Waals surface area (Å²) in [5, 5.41) is 3.12. The maximum Gasteiger partial charge on any atom is 0.223 e. The number of piperidine rings is 1. The number of carbonyl (C=O) groups is 1. The minimum atomic E-state index is 0.173. The van der Waals surface area contributed by atoms with E-state index in [2.05, 4.69) is 46.9 Å². The molecule has 2 atom stereocenters. The highest BCUT2D eigenvalue weighted by atomic mass is 16.1. The Labute approximate surface area is 144 Å². The Hall–Kier alpha value is -1.88. The van der Waals surface area contributed by atoms with Crippen LogP contribution in [0.1, 0.15) is 32.0 Å². The minimum absolute atomic E-state index is 0.173. The van der Waals surface area contributed by atoms with Crippen LogP contribution in [0, 0.1) is 5.92 Å². The number of benzene rings is 1. The minimum Gasteiger partial charge on any atom is -0.356 e. The Kier molecular flexibility index (Phi) is 5.19. The summed E-state index contributed by atoms with van der Waals surface area (Å²) in [6, 6.07) is 8.68. The van der Waals surface area contributed by atoms with Crippen molar-refractivity contribution in [3.05, 3.63) is 30.1 Å². The molecule has 1 aliphatic rings. The molecule has 1 aromatic heterocycles. The van der Waals surface area contributed by atoms with E-state index in [9.17, 15) is 4.79 Å². The van der Waals surface area contributed by atoms with Gasteiger partial charge in [-0.15, -0.1) is 0 Å². The number of para-hydroxylation sites is 2. The first-order valence-corrected chi connectivity index (χ1v) is 8.94. The first kappa shape index (κ1) is 17.0.